The van der Waals surface area contributed by atoms with Crippen LogP contribution in [0.3, 0.4) is 0 Å². The Balaban J connectivity index is 1.88. The van der Waals surface area contributed by atoms with Crippen LogP contribution < -0.4 is 0 Å². The summed E-state index contributed by atoms with van der Waals surface area (Å²) < 4.78 is 13.5. The van der Waals surface area contributed by atoms with E-state index in [4.69, 9.17) is 9.31 Å². The van der Waals surface area contributed by atoms with Gasteiger partial charge in [-0.15, -0.1) is 0 Å². The molecule has 1 atom stereocenters. The molecule has 1 fully saturated rings. The minimum absolute atomic E-state index is 0.0843. The number of rotatable bonds is 5. The molecule has 5 heteroatoms. The SMILES string of the molecule is CC1(C)OB(C(CC(=O)c2ccc(Br)cc2)c2ccccc2)OC1(C)C. The summed E-state index contributed by atoms with van der Waals surface area (Å²) in [7, 11) is -0.457. The van der Waals surface area contributed by atoms with Gasteiger partial charge in [0.1, 0.15) is 0 Å². The first-order valence-electron chi connectivity index (χ1n) is 8.89. The van der Waals surface area contributed by atoms with Gasteiger partial charge in [0.05, 0.1) is 11.2 Å². The highest BCUT2D eigenvalue weighted by molar-refractivity contribution is 9.10. The summed E-state index contributed by atoms with van der Waals surface area (Å²) in [6.07, 6.45) is 0.336. The number of Topliss-reactive ketones (excluding diaryl/α,β-unsaturated/α-hetero) is 1. The zero-order valence-corrected chi connectivity index (χ0v) is 17.2. The van der Waals surface area contributed by atoms with Crippen molar-refractivity contribution < 1.29 is 14.1 Å². The third kappa shape index (κ3) is 3.95. The van der Waals surface area contributed by atoms with Crippen LogP contribution in [0.25, 0.3) is 0 Å². The molecule has 2 aromatic carbocycles. The number of ketones is 1. The maximum Gasteiger partial charge on any atom is 0.466 e. The Kier molecular flexibility index (Phi) is 5.43. The topological polar surface area (TPSA) is 35.5 Å². The first kappa shape index (κ1) is 19.3. The van der Waals surface area contributed by atoms with Gasteiger partial charge in [-0.2, -0.15) is 0 Å². The molecule has 0 aliphatic carbocycles. The predicted octanol–water partition coefficient (Wildman–Crippen LogP) is 5.44. The number of carbonyl (C=O) groups is 1. The second-order valence-electron chi connectivity index (χ2n) is 7.78. The number of hydrogen-bond donors (Lipinski definition) is 0. The summed E-state index contributed by atoms with van der Waals surface area (Å²) in [6, 6.07) is 17.5. The lowest BCUT2D eigenvalue weighted by molar-refractivity contribution is 0.00578. The molecule has 0 aromatic heterocycles. The van der Waals surface area contributed by atoms with Gasteiger partial charge < -0.3 is 9.31 Å². The number of carbonyl (C=O) groups excluding carboxylic acids is 1. The largest absolute Gasteiger partial charge is 0.466 e. The second-order valence-corrected chi connectivity index (χ2v) is 8.69. The summed E-state index contributed by atoms with van der Waals surface area (Å²) in [5, 5.41) is 0. The second kappa shape index (κ2) is 7.30. The molecular weight excluding hydrogens is 391 g/mol. The van der Waals surface area contributed by atoms with Gasteiger partial charge in [-0.1, -0.05) is 58.4 Å². The van der Waals surface area contributed by atoms with E-state index in [1.165, 1.54) is 0 Å². The van der Waals surface area contributed by atoms with Crippen molar-refractivity contribution in [2.45, 2.75) is 51.1 Å². The van der Waals surface area contributed by atoms with Crippen LogP contribution in [-0.2, 0) is 9.31 Å². The molecule has 136 valence electrons. The van der Waals surface area contributed by atoms with Crippen LogP contribution in [0.4, 0.5) is 0 Å². The zero-order chi connectivity index (χ0) is 18.9. The molecule has 0 spiro atoms. The Bertz CT molecular complexity index is 756. The van der Waals surface area contributed by atoms with E-state index < -0.39 is 18.3 Å². The molecule has 1 aliphatic heterocycles. The van der Waals surface area contributed by atoms with Gasteiger partial charge in [-0.25, -0.2) is 0 Å². The van der Waals surface area contributed by atoms with Gasteiger partial charge in [0, 0.05) is 22.3 Å². The molecule has 0 bridgehead atoms. The third-order valence-electron chi connectivity index (χ3n) is 5.40. The van der Waals surface area contributed by atoms with E-state index in [1.54, 1.807) is 0 Å². The van der Waals surface area contributed by atoms with Gasteiger partial charge in [-0.3, -0.25) is 4.79 Å². The maximum absolute atomic E-state index is 12.9. The maximum atomic E-state index is 12.9. The fourth-order valence-corrected chi connectivity index (χ4v) is 3.34. The van der Waals surface area contributed by atoms with Crippen LogP contribution in [0.5, 0.6) is 0 Å². The predicted molar refractivity (Wildman–Crippen MR) is 108 cm³/mol. The highest BCUT2D eigenvalue weighted by atomic mass is 79.9. The van der Waals surface area contributed by atoms with E-state index >= 15 is 0 Å². The smallest absolute Gasteiger partial charge is 0.403 e. The van der Waals surface area contributed by atoms with Crippen LogP contribution in [-0.4, -0.2) is 24.1 Å². The molecule has 0 saturated carbocycles. The van der Waals surface area contributed by atoms with Gasteiger partial charge in [0.15, 0.2) is 5.78 Å². The molecule has 3 nitrogen and oxygen atoms in total. The van der Waals surface area contributed by atoms with Crippen LogP contribution in [0, 0.1) is 0 Å². The van der Waals surface area contributed by atoms with Crippen LogP contribution in [0.15, 0.2) is 59.1 Å². The quantitative estimate of drug-likeness (QED) is 0.482. The standard InChI is InChI=1S/C21H24BBrO3/c1-20(2)21(3,4)26-22(25-20)18(15-8-6-5-7-9-15)14-19(24)16-10-12-17(23)13-11-16/h5-13,18H,14H2,1-4H3. The number of halogens is 1. The van der Waals surface area contributed by atoms with Crippen molar-refractivity contribution in [2.75, 3.05) is 0 Å². The molecule has 2 aromatic rings. The monoisotopic (exact) mass is 414 g/mol. The molecule has 0 amide bonds. The van der Waals surface area contributed by atoms with Crippen molar-refractivity contribution in [2.24, 2.45) is 0 Å². The van der Waals surface area contributed by atoms with Gasteiger partial charge in [0.25, 0.3) is 0 Å². The highest BCUT2D eigenvalue weighted by Gasteiger charge is 2.54. The van der Waals surface area contributed by atoms with Crippen molar-refractivity contribution in [3.63, 3.8) is 0 Å². The lowest BCUT2D eigenvalue weighted by Gasteiger charge is -2.32. The van der Waals surface area contributed by atoms with Crippen LogP contribution >= 0.6 is 15.9 Å². The van der Waals surface area contributed by atoms with Crippen molar-refractivity contribution >= 4 is 28.8 Å². The lowest BCUT2D eigenvalue weighted by atomic mass is 9.65. The van der Waals surface area contributed by atoms with Gasteiger partial charge in [0.2, 0.25) is 0 Å². The van der Waals surface area contributed by atoms with E-state index in [2.05, 4.69) is 15.9 Å². The third-order valence-corrected chi connectivity index (χ3v) is 5.93. The van der Waals surface area contributed by atoms with E-state index in [1.807, 2.05) is 82.3 Å². The van der Waals surface area contributed by atoms with Crippen LogP contribution in [0.2, 0.25) is 0 Å². The molecule has 1 aliphatic rings. The highest BCUT2D eigenvalue weighted by Crippen LogP contribution is 2.42. The van der Waals surface area contributed by atoms with E-state index in [9.17, 15) is 4.79 Å². The van der Waals surface area contributed by atoms with Crippen molar-refractivity contribution in [1.82, 2.24) is 0 Å². The first-order valence-corrected chi connectivity index (χ1v) is 9.68. The summed E-state index contributed by atoms with van der Waals surface area (Å²) in [4.78, 5) is 12.9. The van der Waals surface area contributed by atoms with E-state index in [0.717, 1.165) is 10.0 Å². The molecule has 1 heterocycles. The fraction of sp³-hybridized carbons (Fsp3) is 0.381. The molecule has 1 unspecified atom stereocenters. The molecule has 1 saturated heterocycles. The Hall–Kier alpha value is -1.43. The Morgan fingerprint density at radius 2 is 1.50 bits per heavy atom. The van der Waals surface area contributed by atoms with Gasteiger partial charge >= 0.3 is 7.12 Å². The van der Waals surface area contributed by atoms with E-state index in [0.29, 0.717) is 12.0 Å². The zero-order valence-electron chi connectivity index (χ0n) is 15.7. The van der Waals surface area contributed by atoms with Crippen molar-refractivity contribution in [1.29, 1.82) is 0 Å². The minimum Gasteiger partial charge on any atom is -0.403 e. The first-order chi connectivity index (χ1) is 12.2. The normalized spacial score (nSPS) is 19.3. The van der Waals surface area contributed by atoms with Gasteiger partial charge in [-0.05, 0) is 45.4 Å². The van der Waals surface area contributed by atoms with Crippen LogP contribution in [0.1, 0.15) is 55.9 Å². The summed E-state index contributed by atoms with van der Waals surface area (Å²) >= 11 is 3.41. The van der Waals surface area contributed by atoms with Crippen molar-refractivity contribution in [3.8, 4) is 0 Å². The fourth-order valence-electron chi connectivity index (χ4n) is 3.08. The minimum atomic E-state index is -0.457. The average molecular weight is 415 g/mol. The van der Waals surface area contributed by atoms with Crippen molar-refractivity contribution in [3.05, 3.63) is 70.2 Å². The molecule has 0 N–H and O–H groups in total. The number of benzene rings is 2. The average Bonchev–Trinajstić information content (AvgIpc) is 2.81. The summed E-state index contributed by atoms with van der Waals surface area (Å²) in [6.45, 7) is 8.13. The Morgan fingerprint density at radius 3 is 2.04 bits per heavy atom. The molecule has 26 heavy (non-hydrogen) atoms. The van der Waals surface area contributed by atoms with E-state index in [-0.39, 0.29) is 11.6 Å². The molecular formula is C21H24BBrO3. The lowest BCUT2D eigenvalue weighted by Crippen LogP contribution is -2.41. The summed E-state index contributed by atoms with van der Waals surface area (Å²) in [5.41, 5.74) is 0.901. The Labute approximate surface area is 164 Å². The number of hydrogen-bond acceptors (Lipinski definition) is 3. The molecule has 0 radical (unpaired) electrons. The summed E-state index contributed by atoms with van der Waals surface area (Å²) in [5.74, 6) is -0.0746. The molecule has 3 rings (SSSR count). The Morgan fingerprint density at radius 1 is 0.962 bits per heavy atom.